The number of hydrogen-bond donors (Lipinski definition) is 0. The molecule has 10 heavy (non-hydrogen) atoms. The summed E-state index contributed by atoms with van der Waals surface area (Å²) in [5, 5.41) is 0. The summed E-state index contributed by atoms with van der Waals surface area (Å²) in [5.74, 6) is 0. The quantitative estimate of drug-likeness (QED) is 0.313. The van der Waals surface area contributed by atoms with Gasteiger partial charge in [0.1, 0.15) is 0 Å². The minimum Gasteiger partial charge on any atom is -3.00 e. The molecule has 12 radical (unpaired) electrons. The van der Waals surface area contributed by atoms with E-state index in [0.29, 0.717) is 0 Å². The summed E-state index contributed by atoms with van der Waals surface area (Å²) >= 11 is 0. The standard InChI is InChI=1S/4N.3Pt.3Si/q4*-3;3*+4;;;. The Kier molecular flexibility index (Phi) is 5060. The third-order valence-electron chi connectivity index (χ3n) is 0. The molecule has 0 rings (SSSR count). The monoisotopic (exact) mass is 725 g/mol. The van der Waals surface area contributed by atoms with Crippen LogP contribution in [0, 0.1) is 0 Å². The molecule has 0 aliphatic rings. The van der Waals surface area contributed by atoms with E-state index in [9.17, 15) is 0 Å². The Morgan fingerprint density at radius 2 is 0.300 bits per heavy atom. The molecule has 0 aliphatic heterocycles. The Hall–Kier alpha value is 2.56. The Morgan fingerprint density at radius 3 is 0.300 bits per heavy atom. The number of rotatable bonds is 0. The molecule has 0 aromatic heterocycles. The smallest absolute Gasteiger partial charge is 3.00 e. The van der Waals surface area contributed by atoms with Crippen LogP contribution in [0.2, 0.25) is 0 Å². The first-order chi connectivity index (χ1) is 0. The van der Waals surface area contributed by atoms with Crippen LogP contribution in [-0.2, 0) is 63.2 Å². The molecule has 4 nitrogen and oxygen atoms in total. The zero-order valence-corrected chi connectivity index (χ0v) is 14.1. The van der Waals surface area contributed by atoms with Crippen LogP contribution in [0.25, 0.3) is 24.6 Å². The van der Waals surface area contributed by atoms with Crippen LogP contribution in [0.3, 0.4) is 0 Å². The van der Waals surface area contributed by atoms with Crippen LogP contribution in [0.4, 0.5) is 0 Å². The second-order valence-electron chi connectivity index (χ2n) is 0. The molecule has 0 aromatic rings. The van der Waals surface area contributed by atoms with Gasteiger partial charge in [-0.3, -0.25) is 0 Å². The van der Waals surface area contributed by atoms with Crippen molar-refractivity contribution in [3.05, 3.63) is 24.6 Å². The van der Waals surface area contributed by atoms with Gasteiger partial charge in [0.15, 0.2) is 0 Å². The summed E-state index contributed by atoms with van der Waals surface area (Å²) in [4.78, 5) is 0. The molecule has 0 saturated heterocycles. The topological polar surface area (TPSA) is 122 Å². The van der Waals surface area contributed by atoms with Crippen molar-refractivity contribution in [3.63, 3.8) is 0 Å². The third kappa shape index (κ3) is 148. The maximum Gasteiger partial charge on any atom is 4.00 e. The first kappa shape index (κ1) is 257. The van der Waals surface area contributed by atoms with Crippen molar-refractivity contribution >= 4 is 32.9 Å². The van der Waals surface area contributed by atoms with Crippen LogP contribution >= 0.6 is 0 Å². The summed E-state index contributed by atoms with van der Waals surface area (Å²) in [5.41, 5.74) is 0. The maximum atomic E-state index is 0. The molecule has 0 aromatic carbocycles. The number of hydrogen-bond acceptors (Lipinski definition) is 0. The fraction of sp³-hybridized carbons (Fsp3) is 0. The van der Waals surface area contributed by atoms with Crippen molar-refractivity contribution in [1.29, 1.82) is 0 Å². The van der Waals surface area contributed by atoms with Gasteiger partial charge in [0.05, 0.1) is 0 Å². The first-order valence-electron chi connectivity index (χ1n) is 0. The van der Waals surface area contributed by atoms with Crippen molar-refractivity contribution in [2.24, 2.45) is 0 Å². The van der Waals surface area contributed by atoms with Gasteiger partial charge in [0.2, 0.25) is 0 Å². The van der Waals surface area contributed by atoms with E-state index in [0.717, 1.165) is 0 Å². The fourth-order valence-corrected chi connectivity index (χ4v) is 0. The van der Waals surface area contributed by atoms with E-state index in [1.54, 1.807) is 0 Å². The third-order valence-corrected chi connectivity index (χ3v) is 0. The van der Waals surface area contributed by atoms with Gasteiger partial charge in [0, 0.05) is 32.9 Å². The minimum absolute atomic E-state index is 0. The zero-order valence-electron chi connectivity index (χ0n) is 4.24. The zero-order chi connectivity index (χ0) is 0. The van der Waals surface area contributed by atoms with Gasteiger partial charge in [-0.1, -0.05) is 0 Å². The molecule has 0 N–H and O–H groups in total. The molecule has 10 heteroatoms. The van der Waals surface area contributed by atoms with Gasteiger partial charge in [0.25, 0.3) is 0 Å². The Bertz CT molecular complexity index is 15.7. The molecule has 62 valence electrons. The van der Waals surface area contributed by atoms with E-state index >= 15 is 0 Å². The molecule has 0 unspecified atom stereocenters. The molecule has 0 heterocycles. The first-order valence-corrected chi connectivity index (χ1v) is 0. The van der Waals surface area contributed by atoms with E-state index in [2.05, 4.69) is 0 Å². The predicted molar refractivity (Wildman–Crippen MR) is 30.7 cm³/mol. The van der Waals surface area contributed by atoms with Crippen molar-refractivity contribution in [3.8, 4) is 0 Å². The van der Waals surface area contributed by atoms with E-state index in [1.807, 2.05) is 0 Å². The Balaban J connectivity index is 0. The summed E-state index contributed by atoms with van der Waals surface area (Å²) in [6, 6.07) is 0. The fourth-order valence-electron chi connectivity index (χ4n) is 0. The van der Waals surface area contributed by atoms with Crippen LogP contribution in [0.15, 0.2) is 0 Å². The average molecular weight is 726 g/mol. The van der Waals surface area contributed by atoms with Crippen molar-refractivity contribution in [2.45, 2.75) is 0 Å². The van der Waals surface area contributed by atoms with Crippen LogP contribution in [0.5, 0.6) is 0 Å². The second kappa shape index (κ2) is 197. The SMILES string of the molecule is [N-3].[N-3].[N-3].[N-3].[Pt+4].[Pt+4].[Pt+4].[Si].[Si].[Si]. The van der Waals surface area contributed by atoms with Gasteiger partial charge >= 0.3 is 63.2 Å². The predicted octanol–water partition coefficient (Wildman–Crippen LogP) is 0.00490. The van der Waals surface area contributed by atoms with E-state index in [-0.39, 0.29) is 121 Å². The molecule has 0 fully saturated rings. The van der Waals surface area contributed by atoms with Crippen LogP contribution in [-0.4, -0.2) is 32.9 Å². The summed E-state index contributed by atoms with van der Waals surface area (Å²) < 4.78 is 0. The summed E-state index contributed by atoms with van der Waals surface area (Å²) in [7, 11) is 0. The van der Waals surface area contributed by atoms with Crippen molar-refractivity contribution in [2.75, 3.05) is 0 Å². The Morgan fingerprint density at radius 1 is 0.300 bits per heavy atom. The maximum absolute atomic E-state index is 0. The van der Waals surface area contributed by atoms with Gasteiger partial charge in [-0.05, 0) is 0 Å². The van der Waals surface area contributed by atoms with E-state index < -0.39 is 0 Å². The summed E-state index contributed by atoms with van der Waals surface area (Å²) in [6.45, 7) is 0. The molecule has 0 bridgehead atoms. The van der Waals surface area contributed by atoms with E-state index in [1.165, 1.54) is 0 Å². The molecular weight excluding hydrogens is 726 g/mol. The van der Waals surface area contributed by atoms with Crippen LogP contribution in [0.1, 0.15) is 0 Å². The van der Waals surface area contributed by atoms with Gasteiger partial charge < -0.3 is 24.6 Å². The molecule has 0 atom stereocenters. The number of nitrogens with zero attached hydrogens (tertiary/aromatic N) is 4. The molecule has 0 saturated carbocycles. The molecule has 0 spiro atoms. The minimum atomic E-state index is 0. The molecular formula is N4Pt3Si3. The van der Waals surface area contributed by atoms with Gasteiger partial charge in [-0.2, -0.15) is 0 Å². The average Bonchev–Trinajstić information content (AvgIpc) is 0. The molecule has 0 amide bonds. The largest absolute Gasteiger partial charge is 4.00 e. The second-order valence-corrected chi connectivity index (χ2v) is 0. The van der Waals surface area contributed by atoms with E-state index in [4.69, 9.17) is 0 Å². The van der Waals surface area contributed by atoms with Crippen molar-refractivity contribution in [1.82, 2.24) is 0 Å². The molecule has 0 aliphatic carbocycles. The van der Waals surface area contributed by atoms with Crippen molar-refractivity contribution < 1.29 is 63.2 Å². The van der Waals surface area contributed by atoms with Crippen LogP contribution < -0.4 is 0 Å². The van der Waals surface area contributed by atoms with Gasteiger partial charge in [-0.15, -0.1) is 0 Å². The Labute approximate surface area is 119 Å². The summed E-state index contributed by atoms with van der Waals surface area (Å²) in [6.07, 6.45) is 0. The normalized spacial score (nSPS) is 0. The van der Waals surface area contributed by atoms with Gasteiger partial charge in [-0.25, -0.2) is 0 Å².